The van der Waals surface area contributed by atoms with Crippen molar-refractivity contribution in [3.8, 4) is 11.5 Å². The van der Waals surface area contributed by atoms with Crippen molar-refractivity contribution in [3.05, 3.63) is 52.0 Å². The number of carbonyl (C=O) groups excluding carboxylic acids is 1. The second kappa shape index (κ2) is 9.31. The second-order valence-corrected chi connectivity index (χ2v) is 6.02. The van der Waals surface area contributed by atoms with Gasteiger partial charge in [0.2, 0.25) is 6.10 Å². The molecular formula is C18H18Cl2N2O4. The molecule has 1 N–H and O–H groups in total. The van der Waals surface area contributed by atoms with Gasteiger partial charge in [0.05, 0.1) is 31.1 Å². The van der Waals surface area contributed by atoms with E-state index in [2.05, 4.69) is 10.5 Å². The van der Waals surface area contributed by atoms with Gasteiger partial charge in [-0.3, -0.25) is 4.79 Å². The number of hydrogen-bond donors (Lipinski definition) is 1. The van der Waals surface area contributed by atoms with Crippen LogP contribution in [0.2, 0.25) is 10.0 Å². The van der Waals surface area contributed by atoms with Gasteiger partial charge in [0.1, 0.15) is 0 Å². The first-order chi connectivity index (χ1) is 12.5. The summed E-state index contributed by atoms with van der Waals surface area (Å²) in [6.45, 7) is 1.57. The molecule has 0 unspecified atom stereocenters. The summed E-state index contributed by atoms with van der Waals surface area (Å²) in [6, 6.07) is 10.1. The molecule has 8 heteroatoms. The molecule has 0 saturated heterocycles. The summed E-state index contributed by atoms with van der Waals surface area (Å²) in [5, 5.41) is 7.32. The Morgan fingerprint density at radius 3 is 2.62 bits per heavy atom. The van der Waals surface area contributed by atoms with Gasteiger partial charge in [0.15, 0.2) is 11.5 Å². The Morgan fingerprint density at radius 1 is 1.19 bits per heavy atom. The number of methoxy groups -OCH3 is 2. The zero-order valence-corrected chi connectivity index (χ0v) is 16.0. The number of carbonyl (C=O) groups is 1. The summed E-state index contributed by atoms with van der Waals surface area (Å²) in [4.78, 5) is 17.4. The number of benzene rings is 2. The zero-order chi connectivity index (χ0) is 19.1. The molecule has 2 rings (SSSR count). The number of nitrogens with one attached hydrogen (secondary N) is 1. The van der Waals surface area contributed by atoms with E-state index in [1.54, 1.807) is 44.4 Å². The van der Waals surface area contributed by atoms with E-state index in [0.717, 1.165) is 0 Å². The van der Waals surface area contributed by atoms with Crippen LogP contribution >= 0.6 is 23.2 Å². The molecule has 26 heavy (non-hydrogen) atoms. The first kappa shape index (κ1) is 19.9. The van der Waals surface area contributed by atoms with Crippen LogP contribution in [0.5, 0.6) is 11.5 Å². The Morgan fingerprint density at radius 2 is 1.96 bits per heavy atom. The molecule has 0 aliphatic rings. The van der Waals surface area contributed by atoms with E-state index in [0.29, 0.717) is 32.8 Å². The summed E-state index contributed by atoms with van der Waals surface area (Å²) in [5.74, 6) is 0.691. The third-order valence-corrected chi connectivity index (χ3v) is 3.95. The van der Waals surface area contributed by atoms with Gasteiger partial charge >= 0.3 is 0 Å². The first-order valence-electron chi connectivity index (χ1n) is 7.62. The predicted octanol–water partition coefficient (Wildman–Crippen LogP) is 4.39. The van der Waals surface area contributed by atoms with Crippen LogP contribution in [0.25, 0.3) is 0 Å². The van der Waals surface area contributed by atoms with E-state index in [-0.39, 0.29) is 0 Å². The van der Waals surface area contributed by atoms with E-state index in [9.17, 15) is 4.79 Å². The van der Waals surface area contributed by atoms with Crippen molar-refractivity contribution >= 4 is 41.0 Å². The van der Waals surface area contributed by atoms with Crippen LogP contribution in [0.1, 0.15) is 12.5 Å². The lowest BCUT2D eigenvalue weighted by atomic mass is 10.2. The van der Waals surface area contributed by atoms with E-state index < -0.39 is 12.0 Å². The molecule has 0 saturated carbocycles. The summed E-state index contributed by atoms with van der Waals surface area (Å²) in [7, 11) is 3.07. The average molecular weight is 397 g/mol. The van der Waals surface area contributed by atoms with Gasteiger partial charge in [-0.1, -0.05) is 34.4 Å². The van der Waals surface area contributed by atoms with E-state index in [1.165, 1.54) is 19.4 Å². The van der Waals surface area contributed by atoms with Crippen molar-refractivity contribution in [2.45, 2.75) is 13.0 Å². The highest BCUT2D eigenvalue weighted by atomic mass is 35.5. The first-order valence-corrected chi connectivity index (χ1v) is 8.38. The quantitative estimate of drug-likeness (QED) is 0.556. The molecule has 0 aromatic heterocycles. The molecule has 6 nitrogen and oxygen atoms in total. The van der Waals surface area contributed by atoms with Gasteiger partial charge in [-0.05, 0) is 37.3 Å². The van der Waals surface area contributed by atoms with Crippen molar-refractivity contribution < 1.29 is 19.1 Å². The Hall–Kier alpha value is -2.44. The third-order valence-electron chi connectivity index (χ3n) is 3.40. The molecule has 0 heterocycles. The van der Waals surface area contributed by atoms with Crippen LogP contribution in [0.3, 0.4) is 0 Å². The minimum atomic E-state index is -0.838. The number of amides is 1. The molecule has 0 fully saturated rings. The number of halogens is 2. The zero-order valence-electron chi connectivity index (χ0n) is 14.5. The summed E-state index contributed by atoms with van der Waals surface area (Å²) < 4.78 is 10.5. The molecule has 1 amide bonds. The summed E-state index contributed by atoms with van der Waals surface area (Å²) in [6.07, 6.45) is 0.607. The molecule has 2 aromatic rings. The SMILES string of the molecule is COc1cccc(/C=N\O[C@@H](C)C(=O)Nc2ccc(Cl)cc2Cl)c1OC. The molecule has 0 aliphatic heterocycles. The molecular weight excluding hydrogens is 379 g/mol. The van der Waals surface area contributed by atoms with Crippen LogP contribution in [0, 0.1) is 0 Å². The molecule has 0 spiro atoms. The van der Waals surface area contributed by atoms with Crippen molar-refractivity contribution in [3.63, 3.8) is 0 Å². The fraction of sp³-hybridized carbons (Fsp3) is 0.222. The van der Waals surface area contributed by atoms with Gasteiger partial charge in [-0.25, -0.2) is 0 Å². The summed E-state index contributed by atoms with van der Waals surface area (Å²) >= 11 is 11.9. The van der Waals surface area contributed by atoms with Crippen molar-refractivity contribution in [1.29, 1.82) is 0 Å². The normalized spacial score (nSPS) is 11.9. The lowest BCUT2D eigenvalue weighted by Gasteiger charge is -2.12. The number of nitrogens with zero attached hydrogens (tertiary/aromatic N) is 1. The van der Waals surface area contributed by atoms with Gasteiger partial charge in [-0.2, -0.15) is 0 Å². The van der Waals surface area contributed by atoms with Crippen LogP contribution in [0.4, 0.5) is 5.69 Å². The fourth-order valence-corrected chi connectivity index (χ4v) is 2.52. The van der Waals surface area contributed by atoms with E-state index in [4.69, 9.17) is 37.5 Å². The topological polar surface area (TPSA) is 69.2 Å². The highest BCUT2D eigenvalue weighted by Gasteiger charge is 2.16. The number of ether oxygens (including phenoxy) is 2. The van der Waals surface area contributed by atoms with Gasteiger partial charge in [-0.15, -0.1) is 0 Å². The standard InChI is InChI=1S/C18H18Cl2N2O4/c1-11(18(23)22-15-8-7-13(19)9-14(15)20)26-21-10-12-5-4-6-16(24-2)17(12)25-3/h4-11H,1-3H3,(H,22,23)/b21-10-/t11-/m0/s1. The minimum absolute atomic E-state index is 0.336. The number of anilines is 1. The molecule has 138 valence electrons. The highest BCUT2D eigenvalue weighted by Crippen LogP contribution is 2.29. The molecule has 0 radical (unpaired) electrons. The highest BCUT2D eigenvalue weighted by molar-refractivity contribution is 6.36. The third kappa shape index (κ3) is 5.03. The lowest BCUT2D eigenvalue weighted by molar-refractivity contribution is -0.126. The van der Waals surface area contributed by atoms with Crippen LogP contribution in [0.15, 0.2) is 41.6 Å². The van der Waals surface area contributed by atoms with Crippen LogP contribution < -0.4 is 14.8 Å². The fourth-order valence-electron chi connectivity index (χ4n) is 2.07. The number of oxime groups is 1. The number of rotatable bonds is 7. The maximum atomic E-state index is 12.2. The maximum absolute atomic E-state index is 12.2. The van der Waals surface area contributed by atoms with Crippen molar-refractivity contribution in [2.24, 2.45) is 5.16 Å². The summed E-state index contributed by atoms with van der Waals surface area (Å²) in [5.41, 5.74) is 1.09. The van der Waals surface area contributed by atoms with Crippen molar-refractivity contribution in [1.82, 2.24) is 0 Å². The molecule has 2 aromatic carbocycles. The Labute approximate surface area is 161 Å². The maximum Gasteiger partial charge on any atom is 0.268 e. The number of hydrogen-bond acceptors (Lipinski definition) is 5. The smallest absolute Gasteiger partial charge is 0.268 e. The predicted molar refractivity (Wildman–Crippen MR) is 103 cm³/mol. The van der Waals surface area contributed by atoms with E-state index in [1.807, 2.05) is 0 Å². The van der Waals surface area contributed by atoms with Crippen molar-refractivity contribution in [2.75, 3.05) is 19.5 Å². The molecule has 0 bridgehead atoms. The largest absolute Gasteiger partial charge is 0.493 e. The number of para-hydroxylation sites is 1. The van der Waals surface area contributed by atoms with Gasteiger partial charge in [0.25, 0.3) is 5.91 Å². The monoisotopic (exact) mass is 396 g/mol. The Kier molecular flexibility index (Phi) is 7.12. The van der Waals surface area contributed by atoms with Crippen LogP contribution in [-0.2, 0) is 9.63 Å². The average Bonchev–Trinajstić information content (AvgIpc) is 2.63. The molecule has 1 atom stereocenters. The van der Waals surface area contributed by atoms with Gasteiger partial charge in [0, 0.05) is 10.6 Å². The van der Waals surface area contributed by atoms with Crippen LogP contribution in [-0.4, -0.2) is 32.4 Å². The molecule has 0 aliphatic carbocycles. The minimum Gasteiger partial charge on any atom is -0.493 e. The Bertz CT molecular complexity index is 812. The second-order valence-electron chi connectivity index (χ2n) is 5.18. The Balaban J connectivity index is 2.00. The van der Waals surface area contributed by atoms with E-state index >= 15 is 0 Å². The van der Waals surface area contributed by atoms with Gasteiger partial charge < -0.3 is 19.6 Å². The lowest BCUT2D eigenvalue weighted by Crippen LogP contribution is -2.26.